The molecule has 0 saturated heterocycles. The van der Waals surface area contributed by atoms with Crippen LogP contribution in [0.15, 0.2) is 34.3 Å². The van der Waals surface area contributed by atoms with Gasteiger partial charge in [0.05, 0.1) is 10.6 Å². The number of anilines is 1. The third-order valence-corrected chi connectivity index (χ3v) is 2.69. The van der Waals surface area contributed by atoms with Gasteiger partial charge < -0.3 is 11.5 Å². The second-order valence-corrected chi connectivity index (χ2v) is 4.55. The highest BCUT2D eigenvalue weighted by molar-refractivity contribution is 6.05. The normalized spacial score (nSPS) is 16.8. The molecule has 0 atom stereocenters. The van der Waals surface area contributed by atoms with Gasteiger partial charge >= 0.3 is 0 Å². The Bertz CT molecular complexity index is 598. The molecular formula is C11H15ClN6O2. The summed E-state index contributed by atoms with van der Waals surface area (Å²) in [4.78, 5) is 20.0. The summed E-state index contributed by atoms with van der Waals surface area (Å²) in [6.45, 7) is 3.58. The number of hydrogen-bond acceptors (Lipinski definition) is 7. The molecule has 0 fully saturated rings. The Morgan fingerprint density at radius 2 is 2.00 bits per heavy atom. The Labute approximate surface area is 121 Å². The summed E-state index contributed by atoms with van der Waals surface area (Å²) < 4.78 is 0. The highest BCUT2D eigenvalue weighted by atomic mass is 35.5. The second-order valence-electron chi connectivity index (χ2n) is 4.55. The molecule has 1 aliphatic rings. The van der Waals surface area contributed by atoms with E-state index in [0.717, 1.165) is 0 Å². The van der Waals surface area contributed by atoms with Crippen LogP contribution < -0.4 is 16.4 Å². The van der Waals surface area contributed by atoms with Crippen molar-refractivity contribution in [3.8, 4) is 0 Å². The first kappa shape index (κ1) is 15.7. The molecule has 0 saturated carbocycles. The lowest BCUT2D eigenvalue weighted by Crippen LogP contribution is -2.54. The smallest absolute Gasteiger partial charge is 0.271 e. The number of benzene rings is 1. The maximum Gasteiger partial charge on any atom is 0.271 e. The van der Waals surface area contributed by atoms with Crippen LogP contribution in [-0.4, -0.2) is 22.5 Å². The van der Waals surface area contributed by atoms with Crippen molar-refractivity contribution in [2.45, 2.75) is 19.5 Å². The van der Waals surface area contributed by atoms with Crippen LogP contribution >= 0.6 is 12.4 Å². The molecule has 1 aliphatic heterocycles. The van der Waals surface area contributed by atoms with Crippen LogP contribution in [0.1, 0.15) is 13.8 Å². The average Bonchev–Trinajstić information content (AvgIpc) is 2.26. The van der Waals surface area contributed by atoms with Crippen LogP contribution in [0.2, 0.25) is 0 Å². The zero-order chi connectivity index (χ0) is 14.2. The van der Waals surface area contributed by atoms with Gasteiger partial charge in [-0.3, -0.25) is 15.0 Å². The number of non-ortho nitro benzene ring substituents is 1. The number of nitrogens with two attached hydrogens (primary N) is 2. The predicted molar refractivity (Wildman–Crippen MR) is 80.1 cm³/mol. The van der Waals surface area contributed by atoms with Gasteiger partial charge in [0.25, 0.3) is 5.69 Å². The Balaban J connectivity index is 0.00000200. The van der Waals surface area contributed by atoms with Crippen LogP contribution in [0.4, 0.5) is 11.4 Å². The zero-order valence-electron chi connectivity index (χ0n) is 11.0. The topological polar surface area (TPSA) is 123 Å². The number of aliphatic imine (C=N–C) groups is 2. The number of rotatable bonds is 2. The van der Waals surface area contributed by atoms with E-state index in [4.69, 9.17) is 11.5 Å². The third kappa shape index (κ3) is 2.80. The highest BCUT2D eigenvalue weighted by Crippen LogP contribution is 2.29. The first-order chi connectivity index (χ1) is 8.81. The molecule has 2 rings (SSSR count). The summed E-state index contributed by atoms with van der Waals surface area (Å²) in [5, 5.41) is 10.8. The first-order valence-corrected chi connectivity index (χ1v) is 5.55. The number of hydrogen-bond donors (Lipinski definition) is 2. The third-order valence-electron chi connectivity index (χ3n) is 2.69. The van der Waals surface area contributed by atoms with E-state index in [1.54, 1.807) is 30.9 Å². The number of nitrogens with zero attached hydrogens (tertiary/aromatic N) is 4. The van der Waals surface area contributed by atoms with E-state index < -0.39 is 10.6 Å². The van der Waals surface area contributed by atoms with E-state index in [-0.39, 0.29) is 30.0 Å². The predicted octanol–water partition coefficient (Wildman–Crippen LogP) is 1.20. The molecule has 1 heterocycles. The van der Waals surface area contributed by atoms with Gasteiger partial charge in [0.1, 0.15) is 5.66 Å². The Morgan fingerprint density at radius 3 is 2.55 bits per heavy atom. The van der Waals surface area contributed by atoms with E-state index in [9.17, 15) is 10.1 Å². The number of nitro benzene ring substituents is 1. The van der Waals surface area contributed by atoms with Crippen molar-refractivity contribution >= 4 is 35.7 Å². The van der Waals surface area contributed by atoms with Gasteiger partial charge in [-0.15, -0.1) is 12.4 Å². The standard InChI is InChI=1S/C11H14N6O2.ClH/c1-11(2)15-9(12)14-10(13)16(11)7-4-3-5-8(6-7)17(18)19;/h3-6H,1-2H3,(H4,12,13,14,15);1H. The van der Waals surface area contributed by atoms with Crippen LogP contribution in [-0.2, 0) is 0 Å². The lowest BCUT2D eigenvalue weighted by Gasteiger charge is -2.38. The van der Waals surface area contributed by atoms with Crippen molar-refractivity contribution in [1.29, 1.82) is 0 Å². The molecular weight excluding hydrogens is 284 g/mol. The highest BCUT2D eigenvalue weighted by Gasteiger charge is 2.33. The SMILES string of the molecule is CC1(C)N=C(N)N=C(N)N1c1cccc([N+](=O)[O-])c1.Cl. The summed E-state index contributed by atoms with van der Waals surface area (Å²) in [5.41, 5.74) is 11.2. The number of guanidine groups is 2. The molecule has 0 aromatic heterocycles. The van der Waals surface area contributed by atoms with Crippen molar-refractivity contribution in [3.63, 3.8) is 0 Å². The van der Waals surface area contributed by atoms with Crippen LogP contribution in [0.25, 0.3) is 0 Å². The summed E-state index contributed by atoms with van der Waals surface area (Å²) in [5.74, 6) is 0.238. The minimum atomic E-state index is -0.759. The van der Waals surface area contributed by atoms with Crippen LogP contribution in [0, 0.1) is 10.1 Å². The second kappa shape index (κ2) is 5.33. The molecule has 0 unspecified atom stereocenters. The molecule has 0 spiro atoms. The maximum absolute atomic E-state index is 10.8. The van der Waals surface area contributed by atoms with E-state index in [2.05, 4.69) is 9.98 Å². The molecule has 0 aliphatic carbocycles. The van der Waals surface area contributed by atoms with Crippen molar-refractivity contribution < 1.29 is 4.92 Å². The molecule has 0 bridgehead atoms. The fraction of sp³-hybridized carbons (Fsp3) is 0.273. The van der Waals surface area contributed by atoms with Crippen molar-refractivity contribution in [1.82, 2.24) is 0 Å². The molecule has 9 heteroatoms. The Kier molecular flexibility index (Phi) is 4.19. The number of nitro groups is 1. The van der Waals surface area contributed by atoms with Gasteiger partial charge in [-0.05, 0) is 19.9 Å². The van der Waals surface area contributed by atoms with Gasteiger partial charge in [0.2, 0.25) is 11.9 Å². The number of halogens is 1. The fourth-order valence-corrected chi connectivity index (χ4v) is 2.00. The fourth-order valence-electron chi connectivity index (χ4n) is 2.00. The summed E-state index contributed by atoms with van der Waals surface area (Å²) in [7, 11) is 0. The molecule has 0 amide bonds. The Morgan fingerprint density at radius 1 is 1.35 bits per heavy atom. The molecule has 1 aromatic carbocycles. The molecule has 0 radical (unpaired) electrons. The monoisotopic (exact) mass is 298 g/mol. The van der Waals surface area contributed by atoms with Crippen molar-refractivity contribution in [2.24, 2.45) is 21.5 Å². The molecule has 8 nitrogen and oxygen atoms in total. The van der Waals surface area contributed by atoms with Gasteiger partial charge in [-0.2, -0.15) is 4.99 Å². The molecule has 20 heavy (non-hydrogen) atoms. The van der Waals surface area contributed by atoms with E-state index in [1.165, 1.54) is 12.1 Å². The molecule has 108 valence electrons. The lowest BCUT2D eigenvalue weighted by atomic mass is 10.1. The van der Waals surface area contributed by atoms with Gasteiger partial charge in [-0.25, -0.2) is 4.99 Å². The van der Waals surface area contributed by atoms with E-state index >= 15 is 0 Å². The van der Waals surface area contributed by atoms with Crippen molar-refractivity contribution in [3.05, 3.63) is 34.4 Å². The van der Waals surface area contributed by atoms with Crippen LogP contribution in [0.3, 0.4) is 0 Å². The van der Waals surface area contributed by atoms with Gasteiger partial charge in [0.15, 0.2) is 0 Å². The molecule has 1 aromatic rings. The van der Waals surface area contributed by atoms with Gasteiger partial charge in [-0.1, -0.05) is 6.07 Å². The largest absolute Gasteiger partial charge is 0.369 e. The Hall–Kier alpha value is -2.35. The average molecular weight is 299 g/mol. The van der Waals surface area contributed by atoms with Gasteiger partial charge in [0, 0.05) is 12.1 Å². The van der Waals surface area contributed by atoms with E-state index in [0.29, 0.717) is 5.69 Å². The first-order valence-electron chi connectivity index (χ1n) is 5.55. The molecule has 4 N–H and O–H groups in total. The zero-order valence-corrected chi connectivity index (χ0v) is 11.8. The lowest BCUT2D eigenvalue weighted by molar-refractivity contribution is -0.384. The van der Waals surface area contributed by atoms with Crippen LogP contribution in [0.5, 0.6) is 0 Å². The minimum absolute atomic E-state index is 0. The summed E-state index contributed by atoms with van der Waals surface area (Å²) >= 11 is 0. The minimum Gasteiger partial charge on any atom is -0.369 e. The quantitative estimate of drug-likeness (QED) is 0.627. The summed E-state index contributed by atoms with van der Waals surface area (Å²) in [6.07, 6.45) is 0. The maximum atomic E-state index is 10.8. The van der Waals surface area contributed by atoms with Crippen molar-refractivity contribution in [2.75, 3.05) is 4.90 Å². The summed E-state index contributed by atoms with van der Waals surface area (Å²) in [6, 6.07) is 6.11. The van der Waals surface area contributed by atoms with E-state index in [1.807, 2.05) is 0 Å².